The number of nitrogens with one attached hydrogen (secondary N) is 2. The minimum atomic E-state index is -4.64. The summed E-state index contributed by atoms with van der Waals surface area (Å²) in [7, 11) is 0. The monoisotopic (exact) mass is 546 g/mol. The first kappa shape index (κ1) is 26.7. The SMILES string of the molecule is O=C(COc1ccc(Cl)c(F)c1)NC1C[C@H](NC(=O)COc2ccnn(CC(F)(F)F)c2=O)C2CCC12. The number of halogens is 5. The van der Waals surface area contributed by atoms with E-state index in [9.17, 15) is 31.9 Å². The zero-order valence-electron chi connectivity index (χ0n) is 19.3. The molecule has 2 aliphatic rings. The molecule has 37 heavy (non-hydrogen) atoms. The Bertz CT molecular complexity index is 1220. The summed E-state index contributed by atoms with van der Waals surface area (Å²) in [6.07, 6.45) is -1.46. The molecule has 4 atom stereocenters. The molecule has 1 aromatic carbocycles. The second kappa shape index (κ2) is 11.0. The van der Waals surface area contributed by atoms with Crippen LogP contribution >= 0.6 is 11.6 Å². The highest BCUT2D eigenvalue weighted by molar-refractivity contribution is 6.30. The van der Waals surface area contributed by atoms with E-state index in [-0.39, 0.29) is 46.0 Å². The summed E-state index contributed by atoms with van der Waals surface area (Å²) in [5, 5.41) is 9.02. The van der Waals surface area contributed by atoms with Crippen molar-refractivity contribution in [2.75, 3.05) is 13.2 Å². The van der Waals surface area contributed by atoms with E-state index in [2.05, 4.69) is 15.7 Å². The Hall–Kier alpha value is -3.35. The lowest BCUT2D eigenvalue weighted by Gasteiger charge is -2.36. The molecule has 0 spiro atoms. The highest BCUT2D eigenvalue weighted by atomic mass is 35.5. The zero-order valence-corrected chi connectivity index (χ0v) is 20.0. The molecule has 0 aliphatic heterocycles. The van der Waals surface area contributed by atoms with E-state index in [0.29, 0.717) is 6.42 Å². The number of carbonyl (C=O) groups is 2. The van der Waals surface area contributed by atoms with Gasteiger partial charge in [-0.25, -0.2) is 9.07 Å². The van der Waals surface area contributed by atoms with Gasteiger partial charge in [-0.05, 0) is 43.2 Å². The number of aromatic nitrogens is 2. The largest absolute Gasteiger partial charge is 0.484 e. The molecular weight excluding hydrogens is 524 g/mol. The smallest absolute Gasteiger partial charge is 0.408 e. The van der Waals surface area contributed by atoms with Crippen LogP contribution in [0.25, 0.3) is 0 Å². The Kier molecular flexibility index (Phi) is 7.90. The maximum absolute atomic E-state index is 13.5. The lowest BCUT2D eigenvalue weighted by molar-refractivity contribution is -0.143. The van der Waals surface area contributed by atoms with E-state index in [1.165, 1.54) is 12.1 Å². The maximum atomic E-state index is 13.5. The highest BCUT2D eigenvalue weighted by Gasteiger charge is 2.49. The topological polar surface area (TPSA) is 112 Å². The van der Waals surface area contributed by atoms with Crippen LogP contribution in [0.5, 0.6) is 11.5 Å². The van der Waals surface area contributed by atoms with Crippen molar-refractivity contribution < 1.29 is 36.6 Å². The first-order valence-electron chi connectivity index (χ1n) is 11.4. The van der Waals surface area contributed by atoms with Crippen molar-refractivity contribution in [2.24, 2.45) is 11.8 Å². The Morgan fingerprint density at radius 1 is 1.05 bits per heavy atom. The minimum Gasteiger partial charge on any atom is -0.484 e. The second-order valence-corrected chi connectivity index (χ2v) is 9.32. The van der Waals surface area contributed by atoms with Gasteiger partial charge in [-0.2, -0.15) is 18.3 Å². The van der Waals surface area contributed by atoms with E-state index in [0.717, 1.165) is 31.2 Å². The number of rotatable bonds is 9. The van der Waals surface area contributed by atoms with Gasteiger partial charge >= 0.3 is 11.7 Å². The van der Waals surface area contributed by atoms with E-state index in [1.54, 1.807) is 0 Å². The third kappa shape index (κ3) is 6.70. The van der Waals surface area contributed by atoms with Crippen LogP contribution < -0.4 is 25.7 Å². The molecule has 9 nitrogen and oxygen atoms in total. The standard InChI is InChI=1S/C23H23ClF4N4O5/c24-15-4-1-12(7-16(15)25)36-9-20(33)30-17-8-18(14-3-2-13(14)17)31-21(34)10-37-19-5-6-29-32(22(19)35)11-23(26,27)28/h1,4-7,13-14,17-18H,2-3,8-11H2,(H,30,33)(H,31,34)/t13?,14?,17?,18-/m0/s1. The lowest BCUT2D eigenvalue weighted by atomic mass is 9.73. The van der Waals surface area contributed by atoms with Crippen LogP contribution in [0.1, 0.15) is 19.3 Å². The number of fused-ring (bicyclic) bond motifs is 1. The summed E-state index contributed by atoms with van der Waals surface area (Å²) in [6, 6.07) is 4.50. The molecule has 200 valence electrons. The number of carbonyl (C=O) groups excluding carboxylic acids is 2. The third-order valence-electron chi connectivity index (χ3n) is 6.44. The quantitative estimate of drug-likeness (QED) is 0.468. The van der Waals surface area contributed by atoms with Crippen LogP contribution in [-0.4, -0.2) is 53.1 Å². The van der Waals surface area contributed by atoms with Crippen LogP contribution in [0.3, 0.4) is 0 Å². The van der Waals surface area contributed by atoms with Gasteiger partial charge in [0, 0.05) is 24.2 Å². The van der Waals surface area contributed by atoms with Crippen LogP contribution in [0.2, 0.25) is 5.02 Å². The molecule has 2 fully saturated rings. The molecular formula is C23H23ClF4N4O5. The van der Waals surface area contributed by atoms with Gasteiger partial charge in [0.25, 0.3) is 11.8 Å². The Labute approximate surface area is 213 Å². The van der Waals surface area contributed by atoms with Gasteiger partial charge in [-0.3, -0.25) is 14.4 Å². The van der Waals surface area contributed by atoms with E-state index in [1.807, 2.05) is 0 Å². The molecule has 2 aromatic rings. The lowest BCUT2D eigenvalue weighted by Crippen LogP contribution is -2.45. The Morgan fingerprint density at radius 3 is 2.24 bits per heavy atom. The summed E-state index contributed by atoms with van der Waals surface area (Å²) in [5.41, 5.74) is -1.10. The predicted molar refractivity (Wildman–Crippen MR) is 122 cm³/mol. The van der Waals surface area contributed by atoms with Crippen LogP contribution in [-0.2, 0) is 16.1 Å². The van der Waals surface area contributed by atoms with E-state index < -0.39 is 48.3 Å². The molecule has 14 heteroatoms. The van der Waals surface area contributed by atoms with Gasteiger partial charge in [0.1, 0.15) is 18.1 Å². The summed E-state index contributed by atoms with van der Waals surface area (Å²) >= 11 is 5.63. The van der Waals surface area contributed by atoms with Crippen molar-refractivity contribution in [3.05, 3.63) is 51.7 Å². The van der Waals surface area contributed by atoms with Gasteiger partial charge < -0.3 is 20.1 Å². The van der Waals surface area contributed by atoms with Gasteiger partial charge in [0.05, 0.1) is 11.2 Å². The number of amides is 2. The fourth-order valence-electron chi connectivity index (χ4n) is 4.69. The van der Waals surface area contributed by atoms with Crippen molar-refractivity contribution in [3.8, 4) is 11.5 Å². The number of benzene rings is 1. The molecule has 2 N–H and O–H groups in total. The maximum Gasteiger partial charge on any atom is 0.408 e. The molecule has 2 saturated carbocycles. The summed E-state index contributed by atoms with van der Waals surface area (Å²) in [6.45, 7) is -2.46. The molecule has 1 aromatic heterocycles. The van der Waals surface area contributed by atoms with Crippen molar-refractivity contribution in [3.63, 3.8) is 0 Å². The first-order valence-corrected chi connectivity index (χ1v) is 11.8. The van der Waals surface area contributed by atoms with Gasteiger partial charge in [-0.1, -0.05) is 11.6 Å². The highest BCUT2D eigenvalue weighted by Crippen LogP contribution is 2.47. The number of alkyl halides is 3. The average molecular weight is 547 g/mol. The molecule has 0 radical (unpaired) electrons. The summed E-state index contributed by atoms with van der Waals surface area (Å²) < 4.78 is 61.9. The first-order chi connectivity index (χ1) is 17.5. The van der Waals surface area contributed by atoms with Gasteiger partial charge in [-0.15, -0.1) is 0 Å². The molecule has 3 unspecified atom stereocenters. The average Bonchev–Trinajstić information content (AvgIpc) is 3.01. The summed E-state index contributed by atoms with van der Waals surface area (Å²) in [4.78, 5) is 36.9. The molecule has 4 rings (SSSR count). The Morgan fingerprint density at radius 2 is 1.68 bits per heavy atom. The van der Waals surface area contributed by atoms with E-state index in [4.69, 9.17) is 21.1 Å². The van der Waals surface area contributed by atoms with Crippen molar-refractivity contribution >= 4 is 23.4 Å². The number of hydrogen-bond donors (Lipinski definition) is 2. The zero-order chi connectivity index (χ0) is 26.7. The molecule has 2 aliphatic carbocycles. The van der Waals surface area contributed by atoms with Crippen LogP contribution in [0.4, 0.5) is 17.6 Å². The van der Waals surface area contributed by atoms with Crippen molar-refractivity contribution in [1.82, 2.24) is 20.4 Å². The minimum absolute atomic E-state index is 0.0587. The molecule has 1 heterocycles. The fraction of sp³-hybridized carbons (Fsp3) is 0.478. The van der Waals surface area contributed by atoms with Gasteiger partial charge in [0.2, 0.25) is 0 Å². The van der Waals surface area contributed by atoms with Crippen LogP contribution in [0.15, 0.2) is 35.3 Å². The third-order valence-corrected chi connectivity index (χ3v) is 6.75. The van der Waals surface area contributed by atoms with Crippen molar-refractivity contribution in [1.29, 1.82) is 0 Å². The van der Waals surface area contributed by atoms with Crippen molar-refractivity contribution in [2.45, 2.75) is 44.1 Å². The fourth-order valence-corrected chi connectivity index (χ4v) is 4.80. The van der Waals surface area contributed by atoms with E-state index >= 15 is 0 Å². The summed E-state index contributed by atoms with van der Waals surface area (Å²) in [5.74, 6) is -1.56. The normalized spacial score (nSPS) is 22.5. The number of nitrogens with zero attached hydrogens (tertiary/aromatic N) is 2. The molecule has 0 saturated heterocycles. The predicted octanol–water partition coefficient (Wildman–Crippen LogP) is 2.46. The molecule has 2 amide bonds. The number of hydrogen-bond acceptors (Lipinski definition) is 6. The Balaban J connectivity index is 1.25. The number of ether oxygens (including phenoxy) is 2. The molecule has 0 bridgehead atoms. The van der Waals surface area contributed by atoms with Crippen LogP contribution in [0, 0.1) is 17.7 Å². The second-order valence-electron chi connectivity index (χ2n) is 8.92. The van der Waals surface area contributed by atoms with Gasteiger partial charge in [0.15, 0.2) is 19.0 Å².